The van der Waals surface area contributed by atoms with Crippen molar-refractivity contribution in [1.82, 2.24) is 5.32 Å². The van der Waals surface area contributed by atoms with Crippen LogP contribution in [0.3, 0.4) is 0 Å². The van der Waals surface area contributed by atoms with E-state index in [1.165, 1.54) is 11.1 Å². The second-order valence-electron chi connectivity index (χ2n) is 5.44. The molecule has 1 unspecified atom stereocenters. The maximum absolute atomic E-state index is 11.3. The van der Waals surface area contributed by atoms with E-state index < -0.39 is 5.97 Å². The Balaban J connectivity index is 2.41. The molecule has 19 heavy (non-hydrogen) atoms. The highest BCUT2D eigenvalue weighted by atomic mass is 16.4. The zero-order valence-electron chi connectivity index (χ0n) is 11.6. The lowest BCUT2D eigenvalue weighted by Gasteiger charge is -2.34. The van der Waals surface area contributed by atoms with Crippen LogP contribution >= 0.6 is 0 Å². The summed E-state index contributed by atoms with van der Waals surface area (Å²) in [6.07, 6.45) is 5.39. The van der Waals surface area contributed by atoms with Gasteiger partial charge in [-0.2, -0.15) is 0 Å². The molecule has 1 aliphatic carbocycles. The number of benzene rings is 1. The van der Waals surface area contributed by atoms with Crippen molar-refractivity contribution in [2.75, 3.05) is 6.54 Å². The minimum Gasteiger partial charge on any atom is -0.481 e. The summed E-state index contributed by atoms with van der Waals surface area (Å²) in [7, 11) is 0. The van der Waals surface area contributed by atoms with Crippen molar-refractivity contribution < 1.29 is 9.90 Å². The van der Waals surface area contributed by atoms with Gasteiger partial charge in [0.05, 0.1) is 12.0 Å². The minimum absolute atomic E-state index is 0.171. The minimum atomic E-state index is -0.722. The number of aliphatic carboxylic acids is 1. The van der Waals surface area contributed by atoms with Crippen molar-refractivity contribution in [3.05, 3.63) is 35.4 Å². The topological polar surface area (TPSA) is 49.3 Å². The number of rotatable bonds is 5. The van der Waals surface area contributed by atoms with E-state index in [-0.39, 0.29) is 12.0 Å². The second-order valence-corrected chi connectivity index (χ2v) is 5.44. The highest BCUT2D eigenvalue weighted by molar-refractivity contribution is 5.69. The number of fused-ring (bicyclic) bond motifs is 1. The van der Waals surface area contributed by atoms with Gasteiger partial charge in [0.2, 0.25) is 0 Å². The SMILES string of the molecule is CCCNC1(CC(=O)O)CCCCc2ccccc21. The molecule has 3 heteroatoms. The van der Waals surface area contributed by atoms with Gasteiger partial charge in [0, 0.05) is 0 Å². The van der Waals surface area contributed by atoms with Gasteiger partial charge in [-0.15, -0.1) is 0 Å². The van der Waals surface area contributed by atoms with Crippen molar-refractivity contribution in [1.29, 1.82) is 0 Å². The Labute approximate surface area is 115 Å². The van der Waals surface area contributed by atoms with Crippen LogP contribution in [0.15, 0.2) is 24.3 Å². The van der Waals surface area contributed by atoms with Gasteiger partial charge in [-0.1, -0.05) is 37.6 Å². The molecule has 1 aromatic rings. The van der Waals surface area contributed by atoms with Crippen LogP contribution < -0.4 is 5.32 Å². The number of aryl methyl sites for hydroxylation is 1. The van der Waals surface area contributed by atoms with E-state index in [9.17, 15) is 9.90 Å². The van der Waals surface area contributed by atoms with Crippen molar-refractivity contribution in [2.24, 2.45) is 0 Å². The molecule has 0 amide bonds. The average molecular weight is 261 g/mol. The van der Waals surface area contributed by atoms with E-state index >= 15 is 0 Å². The summed E-state index contributed by atoms with van der Waals surface area (Å²) in [5.74, 6) is -0.722. The van der Waals surface area contributed by atoms with E-state index in [1.54, 1.807) is 0 Å². The molecule has 2 N–H and O–H groups in total. The molecule has 0 heterocycles. The van der Waals surface area contributed by atoms with Crippen molar-refractivity contribution >= 4 is 5.97 Å². The first-order valence-corrected chi connectivity index (χ1v) is 7.23. The molecule has 0 bridgehead atoms. The maximum atomic E-state index is 11.3. The lowest BCUT2D eigenvalue weighted by atomic mass is 9.81. The van der Waals surface area contributed by atoms with Crippen LogP contribution in [0.5, 0.6) is 0 Å². The Hall–Kier alpha value is -1.35. The van der Waals surface area contributed by atoms with Gasteiger partial charge in [-0.3, -0.25) is 4.79 Å². The summed E-state index contributed by atoms with van der Waals surface area (Å²) >= 11 is 0. The standard InChI is InChI=1S/C16H23NO2/c1-2-11-17-16(12-15(18)19)10-6-5-8-13-7-3-4-9-14(13)16/h3-4,7,9,17H,2,5-6,8,10-12H2,1H3,(H,18,19). The smallest absolute Gasteiger partial charge is 0.305 e. The summed E-state index contributed by atoms with van der Waals surface area (Å²) < 4.78 is 0. The maximum Gasteiger partial charge on any atom is 0.305 e. The highest BCUT2D eigenvalue weighted by Gasteiger charge is 2.36. The Morgan fingerprint density at radius 1 is 1.37 bits per heavy atom. The Morgan fingerprint density at radius 2 is 2.16 bits per heavy atom. The van der Waals surface area contributed by atoms with E-state index in [2.05, 4.69) is 30.4 Å². The lowest BCUT2D eigenvalue weighted by molar-refractivity contribution is -0.139. The number of hydrogen-bond donors (Lipinski definition) is 2. The average Bonchev–Trinajstić information content (AvgIpc) is 2.57. The molecule has 0 saturated heterocycles. The van der Waals surface area contributed by atoms with Gasteiger partial charge in [0.1, 0.15) is 0 Å². The van der Waals surface area contributed by atoms with E-state index in [0.29, 0.717) is 0 Å². The van der Waals surface area contributed by atoms with Gasteiger partial charge in [0.15, 0.2) is 0 Å². The number of hydrogen-bond acceptors (Lipinski definition) is 2. The molecule has 2 rings (SSSR count). The molecule has 0 spiro atoms. The largest absolute Gasteiger partial charge is 0.481 e. The zero-order chi connectivity index (χ0) is 13.7. The molecule has 1 aliphatic rings. The predicted octanol–water partition coefficient (Wildman–Crippen LogP) is 3.08. The highest BCUT2D eigenvalue weighted by Crippen LogP contribution is 2.36. The van der Waals surface area contributed by atoms with Crippen molar-refractivity contribution in [3.8, 4) is 0 Å². The number of carboxylic acids is 1. The van der Waals surface area contributed by atoms with Gasteiger partial charge in [-0.25, -0.2) is 0 Å². The Bertz CT molecular complexity index is 444. The van der Waals surface area contributed by atoms with Crippen molar-refractivity contribution in [3.63, 3.8) is 0 Å². The van der Waals surface area contributed by atoms with Crippen LogP contribution in [0.1, 0.15) is 50.2 Å². The van der Waals surface area contributed by atoms with Gasteiger partial charge in [0.25, 0.3) is 0 Å². The molecule has 0 aliphatic heterocycles. The van der Waals surface area contributed by atoms with E-state index in [0.717, 1.165) is 38.6 Å². The summed E-state index contributed by atoms with van der Waals surface area (Å²) in [6.45, 7) is 2.98. The summed E-state index contributed by atoms with van der Waals surface area (Å²) in [5, 5.41) is 12.8. The normalized spacial score (nSPS) is 22.6. The number of carbonyl (C=O) groups is 1. The molecular formula is C16H23NO2. The monoisotopic (exact) mass is 261 g/mol. The van der Waals surface area contributed by atoms with E-state index in [1.807, 2.05) is 6.07 Å². The Morgan fingerprint density at radius 3 is 2.89 bits per heavy atom. The lowest BCUT2D eigenvalue weighted by Crippen LogP contribution is -2.44. The van der Waals surface area contributed by atoms with Crippen LogP contribution in [-0.4, -0.2) is 17.6 Å². The molecule has 0 aromatic heterocycles. The fourth-order valence-corrected chi connectivity index (χ4v) is 3.13. The molecular weight excluding hydrogens is 238 g/mol. The first-order valence-electron chi connectivity index (χ1n) is 7.23. The van der Waals surface area contributed by atoms with Crippen LogP contribution in [0.2, 0.25) is 0 Å². The fourth-order valence-electron chi connectivity index (χ4n) is 3.13. The fraction of sp³-hybridized carbons (Fsp3) is 0.562. The van der Waals surface area contributed by atoms with Crippen LogP contribution in [-0.2, 0) is 16.8 Å². The molecule has 104 valence electrons. The van der Waals surface area contributed by atoms with Gasteiger partial charge >= 0.3 is 5.97 Å². The third kappa shape index (κ3) is 3.16. The van der Waals surface area contributed by atoms with Gasteiger partial charge < -0.3 is 10.4 Å². The molecule has 1 aromatic carbocycles. The number of carboxylic acid groups (broad SMARTS) is 1. The van der Waals surface area contributed by atoms with Crippen LogP contribution in [0.4, 0.5) is 0 Å². The van der Waals surface area contributed by atoms with Crippen LogP contribution in [0, 0.1) is 0 Å². The number of nitrogens with one attached hydrogen (secondary N) is 1. The first kappa shape index (κ1) is 14.1. The first-order chi connectivity index (χ1) is 9.18. The third-order valence-electron chi connectivity index (χ3n) is 4.00. The predicted molar refractivity (Wildman–Crippen MR) is 76.2 cm³/mol. The van der Waals surface area contributed by atoms with Gasteiger partial charge in [-0.05, 0) is 43.4 Å². The zero-order valence-corrected chi connectivity index (χ0v) is 11.6. The van der Waals surface area contributed by atoms with Crippen LogP contribution in [0.25, 0.3) is 0 Å². The molecule has 3 nitrogen and oxygen atoms in total. The quantitative estimate of drug-likeness (QED) is 0.801. The summed E-state index contributed by atoms with van der Waals surface area (Å²) in [4.78, 5) is 11.3. The Kier molecular flexibility index (Phi) is 4.59. The van der Waals surface area contributed by atoms with Crippen molar-refractivity contribution in [2.45, 2.75) is 51.0 Å². The van der Waals surface area contributed by atoms with E-state index in [4.69, 9.17) is 0 Å². The summed E-state index contributed by atoms with van der Waals surface area (Å²) in [5.41, 5.74) is 2.13. The molecule has 0 fully saturated rings. The summed E-state index contributed by atoms with van der Waals surface area (Å²) in [6, 6.07) is 8.32. The molecule has 0 radical (unpaired) electrons. The second kappa shape index (κ2) is 6.20. The third-order valence-corrected chi connectivity index (χ3v) is 4.00. The molecule has 1 atom stereocenters. The molecule has 0 saturated carbocycles.